The predicted molar refractivity (Wildman–Crippen MR) is 96.9 cm³/mol. The SMILES string of the molecule is CC(OC(=O)c1cc(Cl)c[nH]1)C(=O)Nc1nc(-c2ccccc2)cs1. The lowest BCUT2D eigenvalue weighted by Gasteiger charge is -2.11. The van der Waals surface area contributed by atoms with Crippen LogP contribution in [0.2, 0.25) is 5.02 Å². The van der Waals surface area contributed by atoms with E-state index in [0.717, 1.165) is 11.3 Å². The molecule has 0 saturated carbocycles. The number of halogens is 1. The van der Waals surface area contributed by atoms with E-state index in [9.17, 15) is 9.59 Å². The Bertz CT molecular complexity index is 891. The first-order chi connectivity index (χ1) is 12.0. The maximum atomic E-state index is 12.2. The van der Waals surface area contributed by atoms with Crippen LogP contribution in [0.5, 0.6) is 0 Å². The summed E-state index contributed by atoms with van der Waals surface area (Å²) in [4.78, 5) is 31.1. The van der Waals surface area contributed by atoms with Crippen molar-refractivity contribution in [1.29, 1.82) is 0 Å². The number of esters is 1. The van der Waals surface area contributed by atoms with E-state index in [0.29, 0.717) is 10.2 Å². The summed E-state index contributed by atoms with van der Waals surface area (Å²) < 4.78 is 5.11. The van der Waals surface area contributed by atoms with Gasteiger partial charge in [-0.1, -0.05) is 41.9 Å². The van der Waals surface area contributed by atoms with E-state index in [1.807, 2.05) is 35.7 Å². The number of rotatable bonds is 5. The predicted octanol–water partition coefficient (Wildman–Crippen LogP) is 3.98. The van der Waals surface area contributed by atoms with Crippen LogP contribution in [0.15, 0.2) is 48.0 Å². The summed E-state index contributed by atoms with van der Waals surface area (Å²) in [6.07, 6.45) is 0.488. The molecule has 3 rings (SSSR count). The van der Waals surface area contributed by atoms with Gasteiger partial charge in [0.05, 0.1) is 10.7 Å². The number of thiazole rings is 1. The number of carbonyl (C=O) groups excluding carboxylic acids is 2. The van der Waals surface area contributed by atoms with Crippen LogP contribution in [0.25, 0.3) is 11.3 Å². The van der Waals surface area contributed by atoms with Crippen LogP contribution in [0, 0.1) is 0 Å². The van der Waals surface area contributed by atoms with E-state index in [-0.39, 0.29) is 5.69 Å². The molecule has 0 radical (unpaired) electrons. The van der Waals surface area contributed by atoms with Gasteiger partial charge in [-0.2, -0.15) is 0 Å². The van der Waals surface area contributed by atoms with Crippen LogP contribution < -0.4 is 5.32 Å². The maximum Gasteiger partial charge on any atom is 0.355 e. The van der Waals surface area contributed by atoms with E-state index in [4.69, 9.17) is 16.3 Å². The Morgan fingerprint density at radius 2 is 2.08 bits per heavy atom. The highest BCUT2D eigenvalue weighted by atomic mass is 35.5. The molecule has 0 bridgehead atoms. The zero-order chi connectivity index (χ0) is 17.8. The molecule has 1 amide bonds. The molecule has 3 aromatic rings. The third-order valence-corrected chi connectivity index (χ3v) is 4.30. The van der Waals surface area contributed by atoms with Gasteiger partial charge >= 0.3 is 5.97 Å². The van der Waals surface area contributed by atoms with Gasteiger partial charge in [0.25, 0.3) is 5.91 Å². The fraction of sp³-hybridized carbons (Fsp3) is 0.118. The van der Waals surface area contributed by atoms with Crippen molar-refractivity contribution in [3.05, 3.63) is 58.7 Å². The van der Waals surface area contributed by atoms with Crippen LogP contribution in [-0.2, 0) is 9.53 Å². The van der Waals surface area contributed by atoms with Gasteiger partial charge in [0.15, 0.2) is 11.2 Å². The number of carbonyl (C=O) groups is 2. The average molecular weight is 376 g/mol. The molecule has 1 aromatic carbocycles. The van der Waals surface area contributed by atoms with Gasteiger partial charge in [0, 0.05) is 17.1 Å². The van der Waals surface area contributed by atoms with Gasteiger partial charge in [-0.05, 0) is 13.0 Å². The molecular weight excluding hydrogens is 362 g/mol. The van der Waals surface area contributed by atoms with Crippen LogP contribution in [0.4, 0.5) is 5.13 Å². The molecule has 0 fully saturated rings. The number of benzene rings is 1. The Kier molecular flexibility index (Phi) is 5.16. The minimum Gasteiger partial charge on any atom is -0.448 e. The zero-order valence-electron chi connectivity index (χ0n) is 13.2. The summed E-state index contributed by atoms with van der Waals surface area (Å²) in [5.74, 6) is -1.11. The average Bonchev–Trinajstić information content (AvgIpc) is 3.24. The lowest BCUT2D eigenvalue weighted by atomic mass is 10.2. The van der Waals surface area contributed by atoms with E-state index in [2.05, 4.69) is 15.3 Å². The Balaban J connectivity index is 1.60. The molecule has 2 N–H and O–H groups in total. The van der Waals surface area contributed by atoms with Gasteiger partial charge in [-0.25, -0.2) is 9.78 Å². The second-order valence-corrected chi connectivity index (χ2v) is 6.47. The normalized spacial score (nSPS) is 11.8. The lowest BCUT2D eigenvalue weighted by Crippen LogP contribution is -2.30. The van der Waals surface area contributed by atoms with Crippen molar-refractivity contribution in [2.45, 2.75) is 13.0 Å². The molecule has 2 aromatic heterocycles. The van der Waals surface area contributed by atoms with Gasteiger partial charge < -0.3 is 9.72 Å². The largest absolute Gasteiger partial charge is 0.448 e. The molecule has 8 heteroatoms. The van der Waals surface area contributed by atoms with Crippen molar-refractivity contribution in [3.63, 3.8) is 0 Å². The summed E-state index contributed by atoms with van der Waals surface area (Å²) in [5.41, 5.74) is 1.92. The van der Waals surface area contributed by atoms with Gasteiger partial charge in [-0.15, -0.1) is 11.3 Å². The highest BCUT2D eigenvalue weighted by Gasteiger charge is 2.21. The number of aromatic amines is 1. The molecule has 0 spiro atoms. The molecule has 1 atom stereocenters. The Labute approximate surface area is 152 Å². The second-order valence-electron chi connectivity index (χ2n) is 5.17. The van der Waals surface area contributed by atoms with Crippen LogP contribution in [0.1, 0.15) is 17.4 Å². The molecule has 0 aliphatic heterocycles. The first kappa shape index (κ1) is 17.2. The second kappa shape index (κ2) is 7.50. The molecule has 0 aliphatic rings. The number of anilines is 1. The minimum absolute atomic E-state index is 0.185. The quantitative estimate of drug-likeness (QED) is 0.661. The number of hydrogen-bond acceptors (Lipinski definition) is 5. The van der Waals surface area contributed by atoms with Crippen molar-refractivity contribution in [2.24, 2.45) is 0 Å². The van der Waals surface area contributed by atoms with Crippen molar-refractivity contribution >= 4 is 39.9 Å². The van der Waals surface area contributed by atoms with Crippen molar-refractivity contribution in [1.82, 2.24) is 9.97 Å². The molecule has 6 nitrogen and oxygen atoms in total. The maximum absolute atomic E-state index is 12.2. The van der Waals surface area contributed by atoms with Gasteiger partial charge in [0.1, 0.15) is 5.69 Å². The van der Waals surface area contributed by atoms with E-state index < -0.39 is 18.0 Å². The summed E-state index contributed by atoms with van der Waals surface area (Å²) in [6.45, 7) is 1.49. The number of hydrogen-bond donors (Lipinski definition) is 2. The molecule has 2 heterocycles. The first-order valence-corrected chi connectivity index (χ1v) is 8.65. The lowest BCUT2D eigenvalue weighted by molar-refractivity contribution is -0.123. The number of aromatic nitrogens is 2. The number of amides is 1. The molecule has 1 unspecified atom stereocenters. The van der Waals surface area contributed by atoms with Crippen molar-refractivity contribution in [2.75, 3.05) is 5.32 Å². The first-order valence-electron chi connectivity index (χ1n) is 7.39. The topological polar surface area (TPSA) is 84.1 Å². The zero-order valence-corrected chi connectivity index (χ0v) is 14.7. The Morgan fingerprint density at radius 3 is 2.76 bits per heavy atom. The fourth-order valence-corrected chi connectivity index (χ4v) is 2.93. The van der Waals surface area contributed by atoms with Gasteiger partial charge in [0.2, 0.25) is 0 Å². The molecule has 0 aliphatic carbocycles. The molecule has 0 saturated heterocycles. The third-order valence-electron chi connectivity index (χ3n) is 3.32. The third kappa shape index (κ3) is 4.26. The van der Waals surface area contributed by atoms with Gasteiger partial charge in [-0.3, -0.25) is 10.1 Å². The molecular formula is C17H14ClN3O3S. The standard InChI is InChI=1S/C17H14ClN3O3S/c1-10(24-16(23)13-7-12(18)8-19-13)15(22)21-17-20-14(9-25-17)11-5-3-2-4-6-11/h2-10,19H,1H3,(H,20,21,22). The van der Waals surface area contributed by atoms with Crippen LogP contribution >= 0.6 is 22.9 Å². The molecule has 25 heavy (non-hydrogen) atoms. The number of H-pyrrole nitrogens is 1. The number of ether oxygens (including phenoxy) is 1. The minimum atomic E-state index is -0.973. The number of nitrogens with zero attached hydrogens (tertiary/aromatic N) is 1. The van der Waals surface area contributed by atoms with E-state index in [1.54, 1.807) is 0 Å². The van der Waals surface area contributed by atoms with E-state index in [1.165, 1.54) is 30.5 Å². The fourth-order valence-electron chi connectivity index (χ4n) is 2.04. The highest BCUT2D eigenvalue weighted by molar-refractivity contribution is 7.14. The number of nitrogens with one attached hydrogen (secondary N) is 2. The summed E-state index contributed by atoms with van der Waals surface area (Å²) in [7, 11) is 0. The Morgan fingerprint density at radius 1 is 1.32 bits per heavy atom. The highest BCUT2D eigenvalue weighted by Crippen LogP contribution is 2.24. The van der Waals surface area contributed by atoms with Crippen LogP contribution in [-0.4, -0.2) is 27.9 Å². The summed E-state index contributed by atoms with van der Waals surface area (Å²) in [6, 6.07) is 11.1. The van der Waals surface area contributed by atoms with Crippen LogP contribution in [0.3, 0.4) is 0 Å². The monoisotopic (exact) mass is 375 g/mol. The van der Waals surface area contributed by atoms with Crippen molar-refractivity contribution < 1.29 is 14.3 Å². The molecule has 128 valence electrons. The smallest absolute Gasteiger partial charge is 0.355 e. The van der Waals surface area contributed by atoms with E-state index >= 15 is 0 Å². The van der Waals surface area contributed by atoms with Crippen molar-refractivity contribution in [3.8, 4) is 11.3 Å². The summed E-state index contributed by atoms with van der Waals surface area (Å²) >= 11 is 7.04. The summed E-state index contributed by atoms with van der Waals surface area (Å²) in [5, 5.41) is 5.33. The Hall–Kier alpha value is -2.64.